The zero-order chi connectivity index (χ0) is 13.2. The molecule has 0 saturated carbocycles. The molecule has 18 heavy (non-hydrogen) atoms. The number of aromatic nitrogens is 2. The third-order valence-corrected chi connectivity index (χ3v) is 2.10. The first-order valence-corrected chi connectivity index (χ1v) is 6.48. The van der Waals surface area contributed by atoms with E-state index in [4.69, 9.17) is 9.47 Å². The van der Waals surface area contributed by atoms with Gasteiger partial charge in [0.2, 0.25) is 5.88 Å². The van der Waals surface area contributed by atoms with Crippen molar-refractivity contribution in [3.63, 3.8) is 0 Å². The van der Waals surface area contributed by atoms with Crippen LogP contribution in [0.4, 0.5) is 5.82 Å². The molecular formula is C13H23N3O2. The number of hydrogen-bond acceptors (Lipinski definition) is 5. The molecule has 0 aromatic carbocycles. The van der Waals surface area contributed by atoms with Crippen LogP contribution in [0.25, 0.3) is 0 Å². The fourth-order valence-corrected chi connectivity index (χ4v) is 1.29. The van der Waals surface area contributed by atoms with Gasteiger partial charge in [0.1, 0.15) is 12.1 Å². The van der Waals surface area contributed by atoms with Gasteiger partial charge >= 0.3 is 0 Å². The van der Waals surface area contributed by atoms with Crippen molar-refractivity contribution in [2.75, 3.05) is 31.7 Å². The maximum atomic E-state index is 5.47. The van der Waals surface area contributed by atoms with E-state index in [1.807, 2.05) is 0 Å². The van der Waals surface area contributed by atoms with Crippen LogP contribution >= 0.6 is 0 Å². The quantitative estimate of drug-likeness (QED) is 0.685. The number of anilines is 1. The molecule has 0 spiro atoms. The summed E-state index contributed by atoms with van der Waals surface area (Å²) in [4.78, 5) is 8.16. The predicted molar refractivity (Wildman–Crippen MR) is 72.0 cm³/mol. The van der Waals surface area contributed by atoms with Gasteiger partial charge in [-0.3, -0.25) is 0 Å². The van der Waals surface area contributed by atoms with E-state index in [1.54, 1.807) is 6.07 Å². The second-order valence-electron chi connectivity index (χ2n) is 4.49. The Morgan fingerprint density at radius 1 is 1.28 bits per heavy atom. The standard InChI is InChI=1S/C13H23N3O2/c1-4-6-18-13-8-12(15-10-16-13)14-5-7-17-9-11(2)3/h8,10-11H,4-7,9H2,1-3H3,(H,14,15,16). The Bertz CT molecular complexity index is 332. The van der Waals surface area contributed by atoms with Crippen LogP contribution in [0.5, 0.6) is 5.88 Å². The highest BCUT2D eigenvalue weighted by molar-refractivity contribution is 5.36. The summed E-state index contributed by atoms with van der Waals surface area (Å²) in [6, 6.07) is 1.80. The number of rotatable bonds is 9. The minimum Gasteiger partial charge on any atom is -0.478 e. The average Bonchev–Trinajstić information content (AvgIpc) is 2.36. The van der Waals surface area contributed by atoms with E-state index in [1.165, 1.54) is 6.33 Å². The van der Waals surface area contributed by atoms with Crippen LogP contribution in [0, 0.1) is 5.92 Å². The van der Waals surface area contributed by atoms with Gasteiger partial charge in [-0.25, -0.2) is 9.97 Å². The molecule has 0 unspecified atom stereocenters. The van der Waals surface area contributed by atoms with Crippen molar-refractivity contribution in [1.82, 2.24) is 9.97 Å². The Morgan fingerprint density at radius 3 is 2.83 bits per heavy atom. The van der Waals surface area contributed by atoms with Crippen LogP contribution in [-0.4, -0.2) is 36.3 Å². The highest BCUT2D eigenvalue weighted by Crippen LogP contribution is 2.10. The second kappa shape index (κ2) is 8.69. The molecule has 0 aliphatic carbocycles. The Labute approximate surface area is 109 Å². The number of ether oxygens (including phenoxy) is 2. The molecule has 0 saturated heterocycles. The van der Waals surface area contributed by atoms with Gasteiger partial charge in [-0.05, 0) is 12.3 Å². The molecule has 1 rings (SSSR count). The van der Waals surface area contributed by atoms with Gasteiger partial charge in [-0.15, -0.1) is 0 Å². The fraction of sp³-hybridized carbons (Fsp3) is 0.692. The average molecular weight is 253 g/mol. The fourth-order valence-electron chi connectivity index (χ4n) is 1.29. The molecule has 5 nitrogen and oxygen atoms in total. The molecule has 1 N–H and O–H groups in total. The Kier molecular flexibility index (Phi) is 7.10. The van der Waals surface area contributed by atoms with E-state index in [9.17, 15) is 0 Å². The Morgan fingerprint density at radius 2 is 2.11 bits per heavy atom. The number of hydrogen-bond donors (Lipinski definition) is 1. The third kappa shape index (κ3) is 6.39. The molecule has 1 aromatic heterocycles. The number of nitrogens with one attached hydrogen (secondary N) is 1. The Balaban J connectivity index is 2.24. The highest BCUT2D eigenvalue weighted by Gasteiger charge is 1.99. The molecule has 102 valence electrons. The zero-order valence-electron chi connectivity index (χ0n) is 11.5. The molecule has 0 bridgehead atoms. The van der Waals surface area contributed by atoms with Crippen molar-refractivity contribution in [2.45, 2.75) is 27.2 Å². The first kappa shape index (κ1) is 14.7. The second-order valence-corrected chi connectivity index (χ2v) is 4.49. The minimum atomic E-state index is 0.568. The van der Waals surface area contributed by atoms with Crippen molar-refractivity contribution >= 4 is 5.82 Å². The normalized spacial score (nSPS) is 10.7. The smallest absolute Gasteiger partial charge is 0.218 e. The van der Waals surface area contributed by atoms with Crippen molar-refractivity contribution in [2.24, 2.45) is 5.92 Å². The lowest BCUT2D eigenvalue weighted by Gasteiger charge is -2.09. The van der Waals surface area contributed by atoms with Crippen molar-refractivity contribution < 1.29 is 9.47 Å². The lowest BCUT2D eigenvalue weighted by atomic mass is 10.2. The lowest BCUT2D eigenvalue weighted by molar-refractivity contribution is 0.118. The number of nitrogens with zero attached hydrogens (tertiary/aromatic N) is 2. The first-order chi connectivity index (χ1) is 8.72. The Hall–Kier alpha value is -1.36. The van der Waals surface area contributed by atoms with Gasteiger partial charge in [0.15, 0.2) is 0 Å². The maximum Gasteiger partial charge on any atom is 0.218 e. The van der Waals surface area contributed by atoms with E-state index >= 15 is 0 Å². The van der Waals surface area contributed by atoms with Gasteiger partial charge in [0.25, 0.3) is 0 Å². The van der Waals surface area contributed by atoms with E-state index in [0.717, 1.165) is 25.4 Å². The summed E-state index contributed by atoms with van der Waals surface area (Å²) in [5, 5.41) is 3.18. The molecule has 0 radical (unpaired) electrons. The van der Waals surface area contributed by atoms with Crippen molar-refractivity contribution in [3.8, 4) is 5.88 Å². The molecule has 5 heteroatoms. The first-order valence-electron chi connectivity index (χ1n) is 6.48. The van der Waals surface area contributed by atoms with E-state index in [-0.39, 0.29) is 0 Å². The van der Waals surface area contributed by atoms with Crippen LogP contribution < -0.4 is 10.1 Å². The summed E-state index contributed by atoms with van der Waals surface area (Å²) < 4.78 is 10.9. The molecule has 0 atom stereocenters. The molecule has 0 fully saturated rings. The maximum absolute atomic E-state index is 5.47. The minimum absolute atomic E-state index is 0.568. The van der Waals surface area contributed by atoms with Crippen LogP contribution in [0.3, 0.4) is 0 Å². The van der Waals surface area contributed by atoms with Gasteiger partial charge < -0.3 is 14.8 Å². The summed E-state index contributed by atoms with van der Waals surface area (Å²) in [5.41, 5.74) is 0. The topological polar surface area (TPSA) is 56.3 Å². The summed E-state index contributed by atoms with van der Waals surface area (Å²) in [7, 11) is 0. The van der Waals surface area contributed by atoms with Gasteiger partial charge in [-0.2, -0.15) is 0 Å². The third-order valence-electron chi connectivity index (χ3n) is 2.10. The van der Waals surface area contributed by atoms with E-state index in [0.29, 0.717) is 25.0 Å². The highest BCUT2D eigenvalue weighted by atomic mass is 16.5. The van der Waals surface area contributed by atoms with Crippen molar-refractivity contribution in [1.29, 1.82) is 0 Å². The molecule has 0 amide bonds. The monoisotopic (exact) mass is 253 g/mol. The molecule has 0 aliphatic heterocycles. The van der Waals surface area contributed by atoms with Gasteiger partial charge in [-0.1, -0.05) is 20.8 Å². The lowest BCUT2D eigenvalue weighted by Crippen LogP contribution is -2.13. The molecular weight excluding hydrogens is 230 g/mol. The summed E-state index contributed by atoms with van der Waals surface area (Å²) in [6.45, 7) is 9.20. The summed E-state index contributed by atoms with van der Waals surface area (Å²) in [5.74, 6) is 1.94. The molecule has 1 aromatic rings. The van der Waals surface area contributed by atoms with Crippen LogP contribution in [-0.2, 0) is 4.74 Å². The van der Waals surface area contributed by atoms with Crippen molar-refractivity contribution in [3.05, 3.63) is 12.4 Å². The van der Waals surface area contributed by atoms with Crippen LogP contribution in [0.2, 0.25) is 0 Å². The summed E-state index contributed by atoms with van der Waals surface area (Å²) in [6.07, 6.45) is 2.47. The summed E-state index contributed by atoms with van der Waals surface area (Å²) >= 11 is 0. The van der Waals surface area contributed by atoms with E-state index < -0.39 is 0 Å². The zero-order valence-corrected chi connectivity index (χ0v) is 11.5. The van der Waals surface area contributed by atoms with Gasteiger partial charge in [0, 0.05) is 19.2 Å². The predicted octanol–water partition coefficient (Wildman–Crippen LogP) is 2.35. The van der Waals surface area contributed by atoms with Crippen LogP contribution in [0.1, 0.15) is 27.2 Å². The van der Waals surface area contributed by atoms with Gasteiger partial charge in [0.05, 0.1) is 13.2 Å². The molecule has 1 heterocycles. The SMILES string of the molecule is CCCOc1cc(NCCOCC(C)C)ncn1. The van der Waals surface area contributed by atoms with Crippen LogP contribution in [0.15, 0.2) is 12.4 Å². The largest absolute Gasteiger partial charge is 0.478 e. The van der Waals surface area contributed by atoms with E-state index in [2.05, 4.69) is 36.1 Å². The molecule has 0 aliphatic rings.